The van der Waals surface area contributed by atoms with Crippen LogP contribution < -0.4 is 15.0 Å². The number of pyridine rings is 1. The van der Waals surface area contributed by atoms with Gasteiger partial charge in [-0.1, -0.05) is 19.1 Å². The number of rotatable bonds is 8. The molecule has 0 radical (unpaired) electrons. The predicted octanol–water partition coefficient (Wildman–Crippen LogP) is 3.35. The van der Waals surface area contributed by atoms with E-state index in [0.717, 1.165) is 67.3 Å². The van der Waals surface area contributed by atoms with Gasteiger partial charge in [-0.25, -0.2) is 4.68 Å². The molecule has 5 heterocycles. The molecule has 41 heavy (non-hydrogen) atoms. The van der Waals surface area contributed by atoms with Crippen LogP contribution in [0.1, 0.15) is 41.2 Å². The number of fused-ring (bicyclic) bond motifs is 2. The smallest absolute Gasteiger partial charge is 0.253 e. The Morgan fingerprint density at radius 1 is 0.951 bits per heavy atom. The summed E-state index contributed by atoms with van der Waals surface area (Å²) in [5, 5.41) is 13.7. The largest absolute Gasteiger partial charge is 0.467 e. The van der Waals surface area contributed by atoms with Gasteiger partial charge in [-0.3, -0.25) is 14.6 Å². The summed E-state index contributed by atoms with van der Waals surface area (Å²) in [6, 6.07) is 17.6. The Balaban J connectivity index is 1.19. The van der Waals surface area contributed by atoms with Crippen LogP contribution in [-0.2, 0) is 19.5 Å². The summed E-state index contributed by atoms with van der Waals surface area (Å²) in [6.07, 6.45) is 2.55. The summed E-state index contributed by atoms with van der Waals surface area (Å²) in [5.74, 6) is 2.94. The minimum absolute atomic E-state index is 0.137. The number of tetrazole rings is 1. The highest BCUT2D eigenvalue weighted by Crippen LogP contribution is 2.33. The van der Waals surface area contributed by atoms with Crippen molar-refractivity contribution in [3.05, 3.63) is 99.5 Å². The van der Waals surface area contributed by atoms with Crippen LogP contribution in [0.25, 0.3) is 10.9 Å². The molecule has 2 aliphatic heterocycles. The van der Waals surface area contributed by atoms with E-state index in [0.29, 0.717) is 17.9 Å². The summed E-state index contributed by atoms with van der Waals surface area (Å²) in [5.41, 5.74) is 3.71. The Hall–Kier alpha value is -4.48. The highest BCUT2D eigenvalue weighted by molar-refractivity contribution is 5.80. The van der Waals surface area contributed by atoms with Gasteiger partial charge in [0.25, 0.3) is 5.56 Å². The first-order valence-corrected chi connectivity index (χ1v) is 13.9. The second kappa shape index (κ2) is 10.8. The fourth-order valence-electron chi connectivity index (χ4n) is 5.74. The predicted molar refractivity (Wildman–Crippen MR) is 151 cm³/mol. The maximum absolute atomic E-state index is 13.6. The topological polar surface area (TPSA) is 115 Å². The number of benzene rings is 2. The van der Waals surface area contributed by atoms with Crippen LogP contribution >= 0.6 is 0 Å². The van der Waals surface area contributed by atoms with Gasteiger partial charge in [-0.15, -0.1) is 5.10 Å². The molecule has 5 aromatic rings. The normalized spacial score (nSPS) is 16.4. The van der Waals surface area contributed by atoms with Gasteiger partial charge in [-0.2, -0.15) is 0 Å². The van der Waals surface area contributed by atoms with Crippen molar-refractivity contribution >= 4 is 10.9 Å². The molecule has 0 amide bonds. The van der Waals surface area contributed by atoms with E-state index in [2.05, 4.69) is 61.5 Å². The molecule has 1 N–H and O–H groups in total. The number of H-pyrrole nitrogens is 1. The van der Waals surface area contributed by atoms with E-state index in [1.54, 1.807) is 10.9 Å². The molecule has 0 saturated carbocycles. The number of nitrogens with zero attached hydrogens (tertiary/aromatic N) is 6. The summed E-state index contributed by atoms with van der Waals surface area (Å²) in [4.78, 5) is 21.4. The van der Waals surface area contributed by atoms with E-state index < -0.39 is 6.04 Å². The van der Waals surface area contributed by atoms with Crippen molar-refractivity contribution < 1.29 is 13.9 Å². The van der Waals surface area contributed by atoms with Crippen LogP contribution in [0.2, 0.25) is 0 Å². The summed E-state index contributed by atoms with van der Waals surface area (Å²) in [6.45, 7) is 6.73. The molecule has 1 atom stereocenters. The maximum Gasteiger partial charge on any atom is 0.253 e. The highest BCUT2D eigenvalue weighted by atomic mass is 16.7. The Kier molecular flexibility index (Phi) is 6.73. The molecular formula is C30H31N7O4. The Bertz CT molecular complexity index is 1720. The zero-order valence-corrected chi connectivity index (χ0v) is 22.8. The first kappa shape index (κ1) is 25.5. The van der Waals surface area contributed by atoms with E-state index in [-0.39, 0.29) is 12.4 Å². The van der Waals surface area contributed by atoms with Crippen LogP contribution in [0.3, 0.4) is 0 Å². The average molecular weight is 554 g/mol. The number of nitrogens with one attached hydrogen (secondary N) is 1. The third kappa shape index (κ3) is 5.09. The molecule has 11 nitrogen and oxygen atoms in total. The van der Waals surface area contributed by atoms with E-state index >= 15 is 0 Å². The average Bonchev–Trinajstić information content (AvgIpc) is 3.77. The van der Waals surface area contributed by atoms with Crippen LogP contribution in [0.4, 0.5) is 0 Å². The number of piperazine rings is 1. The minimum atomic E-state index is -0.425. The van der Waals surface area contributed by atoms with Crippen LogP contribution in [0.15, 0.2) is 70.1 Å². The fraction of sp³-hybridized carbons (Fsp3) is 0.333. The second-order valence-electron chi connectivity index (χ2n) is 10.5. The lowest BCUT2D eigenvalue weighted by Gasteiger charge is -2.38. The van der Waals surface area contributed by atoms with Crippen molar-refractivity contribution in [1.29, 1.82) is 0 Å². The number of ether oxygens (including phenoxy) is 2. The number of aromatic nitrogens is 5. The van der Waals surface area contributed by atoms with Gasteiger partial charge in [0.15, 0.2) is 17.3 Å². The molecule has 1 fully saturated rings. The van der Waals surface area contributed by atoms with Gasteiger partial charge in [-0.05, 0) is 75.8 Å². The number of hydrogen-bond acceptors (Lipinski definition) is 9. The van der Waals surface area contributed by atoms with Crippen molar-refractivity contribution in [3.8, 4) is 11.5 Å². The van der Waals surface area contributed by atoms with Gasteiger partial charge >= 0.3 is 0 Å². The number of hydrogen-bond donors (Lipinski definition) is 1. The molecule has 1 unspecified atom stereocenters. The molecule has 0 spiro atoms. The molecule has 3 aromatic heterocycles. The van der Waals surface area contributed by atoms with E-state index in [1.807, 2.05) is 30.3 Å². The maximum atomic E-state index is 13.6. The lowest BCUT2D eigenvalue weighted by atomic mass is 10.0. The van der Waals surface area contributed by atoms with E-state index in [1.165, 1.54) is 11.1 Å². The Morgan fingerprint density at radius 2 is 1.80 bits per heavy atom. The van der Waals surface area contributed by atoms with Gasteiger partial charge in [0.1, 0.15) is 18.3 Å². The van der Waals surface area contributed by atoms with Gasteiger partial charge < -0.3 is 18.9 Å². The second-order valence-corrected chi connectivity index (χ2v) is 10.5. The zero-order valence-electron chi connectivity index (χ0n) is 22.8. The SMILES string of the molecule is CCc1ccc2[nH]c(=O)c(C(c3nnnn3Cc3ccco3)N3CCN(Cc4ccc5c(c4)OCO5)CC3)cc2c1. The van der Waals surface area contributed by atoms with E-state index in [4.69, 9.17) is 13.9 Å². The van der Waals surface area contributed by atoms with Crippen molar-refractivity contribution in [2.75, 3.05) is 33.0 Å². The third-order valence-electron chi connectivity index (χ3n) is 7.95. The standard InChI is InChI=1S/C30H31N7O4/c1-2-20-5-7-25-22(14-20)16-24(30(38)31-25)28(29-32-33-34-37(29)18-23-4-3-13-39-23)36-11-9-35(10-12-36)17-21-6-8-26-27(15-21)41-19-40-26/h3-8,13-16,28H,2,9-12,17-19H2,1H3,(H,31,38). The van der Waals surface area contributed by atoms with Crippen LogP contribution in [-0.4, -0.2) is 68.0 Å². The lowest BCUT2D eigenvalue weighted by Crippen LogP contribution is -2.48. The molecule has 210 valence electrons. The highest BCUT2D eigenvalue weighted by Gasteiger charge is 2.33. The van der Waals surface area contributed by atoms with Crippen molar-refractivity contribution in [2.45, 2.75) is 32.5 Å². The monoisotopic (exact) mass is 553 g/mol. The van der Waals surface area contributed by atoms with Gasteiger partial charge in [0, 0.05) is 43.8 Å². The molecule has 0 aliphatic carbocycles. The molecule has 11 heteroatoms. The van der Waals surface area contributed by atoms with Crippen LogP contribution in [0, 0.1) is 0 Å². The molecule has 2 aliphatic rings. The van der Waals surface area contributed by atoms with Crippen molar-refractivity contribution in [2.24, 2.45) is 0 Å². The molecular weight excluding hydrogens is 522 g/mol. The van der Waals surface area contributed by atoms with Crippen LogP contribution in [0.5, 0.6) is 11.5 Å². The first-order chi connectivity index (χ1) is 20.1. The summed E-state index contributed by atoms with van der Waals surface area (Å²) in [7, 11) is 0. The lowest BCUT2D eigenvalue weighted by molar-refractivity contribution is 0.0997. The Labute approximate surface area is 236 Å². The first-order valence-electron chi connectivity index (χ1n) is 13.9. The quantitative estimate of drug-likeness (QED) is 0.309. The Morgan fingerprint density at radius 3 is 2.63 bits per heavy atom. The van der Waals surface area contributed by atoms with Gasteiger partial charge in [0.2, 0.25) is 6.79 Å². The summed E-state index contributed by atoms with van der Waals surface area (Å²) < 4.78 is 18.3. The summed E-state index contributed by atoms with van der Waals surface area (Å²) >= 11 is 0. The molecule has 1 saturated heterocycles. The number of aromatic amines is 1. The minimum Gasteiger partial charge on any atom is -0.467 e. The fourth-order valence-corrected chi connectivity index (χ4v) is 5.74. The van der Waals surface area contributed by atoms with Crippen molar-refractivity contribution in [1.82, 2.24) is 35.0 Å². The third-order valence-corrected chi connectivity index (χ3v) is 7.95. The van der Waals surface area contributed by atoms with E-state index in [9.17, 15) is 4.79 Å². The zero-order chi connectivity index (χ0) is 27.8. The number of furan rings is 1. The number of aryl methyl sites for hydroxylation is 1. The molecule has 2 aromatic carbocycles. The van der Waals surface area contributed by atoms with Crippen molar-refractivity contribution in [3.63, 3.8) is 0 Å². The van der Waals surface area contributed by atoms with Gasteiger partial charge in [0.05, 0.1) is 6.26 Å². The molecule has 7 rings (SSSR count). The molecule has 0 bridgehead atoms.